The van der Waals surface area contributed by atoms with Gasteiger partial charge in [0.25, 0.3) is 5.91 Å². The van der Waals surface area contributed by atoms with Gasteiger partial charge in [0.1, 0.15) is 30.3 Å². The van der Waals surface area contributed by atoms with E-state index in [1.54, 1.807) is 55.5 Å². The highest BCUT2D eigenvalue weighted by molar-refractivity contribution is 6.02. The van der Waals surface area contributed by atoms with Crippen LogP contribution in [-0.2, 0) is 51.1 Å². The number of likely N-dealkylation sites (N-methyl/N-ethyl adjacent to an activating group) is 1. The smallest absolute Gasteiger partial charge is 0.329 e. The molecule has 0 fully saturated rings. The number of ketones is 1. The number of carbonyl (C=O) groups is 7. The first-order valence-corrected chi connectivity index (χ1v) is 25.6. The minimum Gasteiger partial charge on any atom is -0.458 e. The zero-order valence-electron chi connectivity index (χ0n) is 47.4. The van der Waals surface area contributed by atoms with Gasteiger partial charge in [-0.3, -0.25) is 28.8 Å². The maximum atomic E-state index is 14.5. The molecule has 73 heavy (non-hydrogen) atoms. The van der Waals surface area contributed by atoms with Crippen LogP contribution in [0.3, 0.4) is 0 Å². The summed E-state index contributed by atoms with van der Waals surface area (Å²) in [6.45, 7) is 26.0. The van der Waals surface area contributed by atoms with E-state index in [1.807, 2.05) is 95.4 Å². The maximum Gasteiger partial charge on any atom is 0.329 e. The molecule has 2 aromatic carbocycles. The number of aliphatic hydroxyl groups excluding tert-OH is 2. The predicted molar refractivity (Wildman–Crippen MR) is 291 cm³/mol. The van der Waals surface area contributed by atoms with Gasteiger partial charge in [0.15, 0.2) is 5.78 Å². The summed E-state index contributed by atoms with van der Waals surface area (Å²) in [6, 6.07) is 15.0. The number of hydrogen-bond donors (Lipinski definition) is 8. The number of benzene rings is 2. The van der Waals surface area contributed by atoms with Crippen molar-refractivity contribution in [1.82, 2.24) is 36.8 Å². The molecule has 6 unspecified atom stereocenters. The normalized spacial score (nSPS) is 13.6. The van der Waals surface area contributed by atoms with Crippen LogP contribution in [0.15, 0.2) is 72.4 Å². The highest BCUT2D eigenvalue weighted by Crippen LogP contribution is 2.23. The quantitative estimate of drug-likeness (QED) is 0.0330. The molecule has 414 valence electrons. The van der Waals surface area contributed by atoms with E-state index < -0.39 is 77.6 Å². The Balaban J connectivity index is 0. The van der Waals surface area contributed by atoms with Gasteiger partial charge in [0.05, 0.1) is 5.70 Å². The topological polar surface area (TPSA) is 245 Å². The van der Waals surface area contributed by atoms with Crippen LogP contribution in [0.25, 0.3) is 0 Å². The second-order valence-electron chi connectivity index (χ2n) is 19.7. The lowest BCUT2D eigenvalue weighted by Crippen LogP contribution is -2.59. The minimum absolute atomic E-state index is 0.00103. The number of hydrogen-bond acceptors (Lipinski definition) is 12. The molecule has 0 saturated carbocycles. The van der Waals surface area contributed by atoms with Gasteiger partial charge in [-0.2, -0.15) is 0 Å². The Morgan fingerprint density at radius 1 is 0.616 bits per heavy atom. The van der Waals surface area contributed by atoms with E-state index >= 15 is 0 Å². The van der Waals surface area contributed by atoms with E-state index in [4.69, 9.17) is 14.9 Å². The molecule has 8 N–H and O–H groups in total. The summed E-state index contributed by atoms with van der Waals surface area (Å²) in [6.07, 6.45) is 1.53. The van der Waals surface area contributed by atoms with E-state index in [0.29, 0.717) is 25.4 Å². The average molecular weight is 1030 g/mol. The fraction of sp³-hybridized carbons (Fsp3) is 0.625. The third-order valence-corrected chi connectivity index (χ3v) is 11.7. The van der Waals surface area contributed by atoms with Crippen molar-refractivity contribution in [1.29, 1.82) is 0 Å². The van der Waals surface area contributed by atoms with E-state index in [0.717, 1.165) is 25.3 Å². The number of amides is 5. The number of aliphatic hydroxyl groups is 2. The zero-order chi connectivity index (χ0) is 56.5. The maximum absolute atomic E-state index is 14.5. The molecule has 17 nitrogen and oxygen atoms in total. The summed E-state index contributed by atoms with van der Waals surface area (Å²) >= 11 is 0. The van der Waals surface area contributed by atoms with Gasteiger partial charge in [0, 0.05) is 57.5 Å². The molecule has 5 amide bonds. The number of rotatable bonds is 27. The van der Waals surface area contributed by atoms with Gasteiger partial charge >= 0.3 is 5.97 Å². The molecule has 0 aliphatic heterocycles. The van der Waals surface area contributed by atoms with Crippen molar-refractivity contribution < 1.29 is 48.5 Å². The van der Waals surface area contributed by atoms with E-state index in [1.165, 1.54) is 17.9 Å². The van der Waals surface area contributed by atoms with Gasteiger partial charge in [-0.15, -0.1) is 0 Å². The molecule has 2 rings (SSSR count). The summed E-state index contributed by atoms with van der Waals surface area (Å²) in [5.74, 6) is -5.77. The monoisotopic (exact) mass is 1030 g/mol. The second-order valence-corrected chi connectivity index (χ2v) is 19.7. The highest BCUT2D eigenvalue weighted by Gasteiger charge is 2.39. The standard InChI is InChI=1S/C50H76N6O8.C4H11N.2CH4O/c1-14-39(44(57)32(6)7)52-48(61)43(55-46(59)40(53-45(58)33(8)9)26-21-27-51-34(10)11)35(12)64-50(63)42(31(4)5)54-47(60)41(29-37-24-19-16-20-25-37)56(13)49(62)38(30(2)3)28-36-22-17-15-18-23-36;1-4(2)5-3;2*1-2/h14-20,22-25,30-35,38,40-43,51H,21,26-29H2,1-13H3,(H,52,61)(H,53,58)(H,54,60)(H,55,59);4-5H,1-3H3;2*2H,1H3. The Hall–Kier alpha value is -5.49. The van der Waals surface area contributed by atoms with Crippen LogP contribution in [0.4, 0.5) is 0 Å². The van der Waals surface area contributed by atoms with Crippen molar-refractivity contribution in [3.8, 4) is 0 Å². The average Bonchev–Trinajstić information content (AvgIpc) is 3.36. The number of carbonyl (C=O) groups excluding carboxylic acids is 7. The van der Waals surface area contributed by atoms with Crippen LogP contribution >= 0.6 is 0 Å². The molecular formula is C56H95N7O10. The first-order valence-electron chi connectivity index (χ1n) is 25.6. The van der Waals surface area contributed by atoms with Crippen LogP contribution in [-0.4, -0.2) is 134 Å². The van der Waals surface area contributed by atoms with Crippen molar-refractivity contribution in [3.63, 3.8) is 0 Å². The third-order valence-electron chi connectivity index (χ3n) is 11.7. The van der Waals surface area contributed by atoms with Gasteiger partial charge in [-0.1, -0.05) is 150 Å². The number of allylic oxidation sites excluding steroid dienone is 2. The van der Waals surface area contributed by atoms with Crippen LogP contribution in [0.1, 0.15) is 121 Å². The zero-order valence-corrected chi connectivity index (χ0v) is 47.4. The minimum atomic E-state index is -1.53. The lowest BCUT2D eigenvalue weighted by molar-refractivity contribution is -0.157. The molecule has 0 spiro atoms. The summed E-state index contributed by atoms with van der Waals surface area (Å²) in [5, 5.41) is 31.3. The molecule has 6 atom stereocenters. The predicted octanol–water partition coefficient (Wildman–Crippen LogP) is 5.12. The van der Waals surface area contributed by atoms with Crippen molar-refractivity contribution in [2.45, 2.75) is 165 Å². The molecule has 0 aliphatic rings. The Morgan fingerprint density at radius 2 is 1.11 bits per heavy atom. The summed E-state index contributed by atoms with van der Waals surface area (Å²) in [5.41, 5.74) is 1.81. The lowest BCUT2D eigenvalue weighted by atomic mass is 9.87. The SMILES string of the molecule is CC=C(NC(=O)C(NC(=O)C(CCCNC(C)C)NC(=O)C(C)C)C(C)OC(=O)C(NC(=O)C(Cc1ccccc1)N(C)C(=O)C(Cc1ccccc1)C(C)C)C(C)C)C(=O)C(C)C.CNC(C)C.CO.CO. The van der Waals surface area contributed by atoms with Crippen molar-refractivity contribution >= 4 is 41.3 Å². The molecule has 0 saturated heterocycles. The van der Waals surface area contributed by atoms with Crippen LogP contribution in [0, 0.1) is 29.6 Å². The Morgan fingerprint density at radius 3 is 1.53 bits per heavy atom. The third kappa shape index (κ3) is 26.9. The highest BCUT2D eigenvalue weighted by atomic mass is 16.5. The van der Waals surface area contributed by atoms with Gasteiger partial charge in [0.2, 0.25) is 23.6 Å². The lowest BCUT2D eigenvalue weighted by Gasteiger charge is -2.34. The molecule has 0 radical (unpaired) electrons. The first-order chi connectivity index (χ1) is 34.4. The fourth-order valence-corrected chi connectivity index (χ4v) is 6.96. The number of ether oxygens (including phenoxy) is 1. The van der Waals surface area contributed by atoms with E-state index in [2.05, 4.69) is 45.7 Å². The van der Waals surface area contributed by atoms with Crippen LogP contribution in [0.5, 0.6) is 0 Å². The summed E-state index contributed by atoms with van der Waals surface area (Å²) in [7, 11) is 5.55. The van der Waals surface area contributed by atoms with Gasteiger partial charge < -0.3 is 51.8 Å². The number of nitrogens with one attached hydrogen (secondary N) is 6. The molecule has 0 aromatic heterocycles. The van der Waals surface area contributed by atoms with Crippen molar-refractivity contribution in [2.75, 3.05) is 34.9 Å². The molecule has 2 aromatic rings. The number of nitrogens with zero attached hydrogens (tertiary/aromatic N) is 1. The van der Waals surface area contributed by atoms with Crippen LogP contribution in [0.2, 0.25) is 0 Å². The Bertz CT molecular complexity index is 1940. The number of Topliss-reactive ketones (excluding diaryl/α,β-unsaturated/α-hetero) is 1. The molecule has 17 heteroatoms. The van der Waals surface area contributed by atoms with Crippen molar-refractivity contribution in [3.05, 3.63) is 83.6 Å². The molecule has 0 aliphatic carbocycles. The summed E-state index contributed by atoms with van der Waals surface area (Å²) in [4.78, 5) is 98.4. The first kappa shape index (κ1) is 69.6. The fourth-order valence-electron chi connectivity index (χ4n) is 6.96. The largest absolute Gasteiger partial charge is 0.458 e. The second kappa shape index (κ2) is 38.1. The molecule has 0 bridgehead atoms. The Kier molecular flexibility index (Phi) is 36.4. The van der Waals surface area contributed by atoms with Crippen LogP contribution < -0.4 is 31.9 Å². The number of esters is 1. The molecule has 0 heterocycles. The molecular weight excluding hydrogens is 931 g/mol. The Labute approximate surface area is 438 Å². The van der Waals surface area contributed by atoms with Crippen molar-refractivity contribution in [2.24, 2.45) is 29.6 Å². The summed E-state index contributed by atoms with van der Waals surface area (Å²) < 4.78 is 5.94. The van der Waals surface area contributed by atoms with E-state index in [-0.39, 0.29) is 48.1 Å². The van der Waals surface area contributed by atoms with Gasteiger partial charge in [-0.05, 0) is 69.7 Å². The van der Waals surface area contributed by atoms with Gasteiger partial charge in [-0.25, -0.2) is 4.79 Å². The van der Waals surface area contributed by atoms with E-state index in [9.17, 15) is 33.6 Å².